The number of benzene rings is 2. The number of carbonyl (C=O) groups is 1. The summed E-state index contributed by atoms with van der Waals surface area (Å²) in [5.41, 5.74) is 2.39. The van der Waals surface area contributed by atoms with Crippen LogP contribution in [0, 0.1) is 0 Å². The molecule has 3 rings (SSSR count). The topological polar surface area (TPSA) is 42.0 Å². The fourth-order valence-corrected chi connectivity index (χ4v) is 3.43. The minimum Gasteiger partial charge on any atom is -0.490 e. The van der Waals surface area contributed by atoms with Crippen LogP contribution in [0.4, 0.5) is 0 Å². The summed E-state index contributed by atoms with van der Waals surface area (Å²) in [6, 6.07) is 13.7. The molecule has 5 nitrogen and oxygen atoms in total. The van der Waals surface area contributed by atoms with Crippen LogP contribution < -0.4 is 9.47 Å². The van der Waals surface area contributed by atoms with E-state index in [9.17, 15) is 4.79 Å². The lowest BCUT2D eigenvalue weighted by Gasteiger charge is -2.15. The Morgan fingerprint density at radius 1 is 1.07 bits per heavy atom. The summed E-state index contributed by atoms with van der Waals surface area (Å²) in [5.74, 6) is 1.12. The molecule has 0 saturated carbocycles. The maximum absolute atomic E-state index is 12.4. The average Bonchev–Trinajstić information content (AvgIpc) is 2.88. The highest BCUT2D eigenvalue weighted by atomic mass is 79.9. The molecular weight excluding hydrogens is 440 g/mol. The number of nitrogens with zero attached hydrogens (tertiary/aromatic N) is 2. The van der Waals surface area contributed by atoms with Crippen molar-refractivity contribution in [2.75, 3.05) is 20.7 Å². The molecular formula is C21H21BrN2O3S. The predicted octanol–water partition coefficient (Wildman–Crippen LogP) is 4.46. The highest BCUT2D eigenvalue weighted by Gasteiger charge is 2.32. The van der Waals surface area contributed by atoms with Crippen molar-refractivity contribution in [3.63, 3.8) is 0 Å². The van der Waals surface area contributed by atoms with Crippen molar-refractivity contribution in [1.29, 1.82) is 0 Å². The third kappa shape index (κ3) is 4.20. The highest BCUT2D eigenvalue weighted by molar-refractivity contribution is 9.10. The van der Waals surface area contributed by atoms with E-state index in [1.807, 2.05) is 49.4 Å². The van der Waals surface area contributed by atoms with E-state index in [-0.39, 0.29) is 5.91 Å². The summed E-state index contributed by atoms with van der Waals surface area (Å²) in [4.78, 5) is 15.6. The van der Waals surface area contributed by atoms with Crippen molar-refractivity contribution in [2.24, 2.45) is 0 Å². The van der Waals surface area contributed by atoms with Crippen molar-refractivity contribution in [3.05, 3.63) is 63.8 Å². The third-order valence-corrected chi connectivity index (χ3v) is 5.59. The van der Waals surface area contributed by atoms with Gasteiger partial charge in [-0.2, -0.15) is 0 Å². The summed E-state index contributed by atoms with van der Waals surface area (Å²) in [6.07, 6.45) is 1.80. The average molecular weight is 461 g/mol. The van der Waals surface area contributed by atoms with Crippen molar-refractivity contribution in [3.8, 4) is 11.5 Å². The Balaban J connectivity index is 1.91. The second-order valence-corrected chi connectivity index (χ2v) is 7.48. The first-order chi connectivity index (χ1) is 13.4. The number of likely N-dealkylation sites (N-methyl/N-ethyl adjacent to an activating group) is 2. The van der Waals surface area contributed by atoms with Crippen LogP contribution in [0.2, 0.25) is 0 Å². The van der Waals surface area contributed by atoms with Crippen LogP contribution >= 0.6 is 28.1 Å². The van der Waals surface area contributed by atoms with Gasteiger partial charge in [0.25, 0.3) is 5.91 Å². The van der Waals surface area contributed by atoms with Gasteiger partial charge in [-0.25, -0.2) is 0 Å². The Labute approximate surface area is 178 Å². The van der Waals surface area contributed by atoms with Crippen LogP contribution in [-0.4, -0.2) is 41.5 Å². The molecule has 146 valence electrons. The quantitative estimate of drug-likeness (QED) is 0.470. The van der Waals surface area contributed by atoms with Crippen molar-refractivity contribution in [1.82, 2.24) is 9.80 Å². The van der Waals surface area contributed by atoms with E-state index in [1.54, 1.807) is 25.1 Å². The zero-order chi connectivity index (χ0) is 20.3. The van der Waals surface area contributed by atoms with Crippen LogP contribution in [0.25, 0.3) is 6.08 Å². The van der Waals surface area contributed by atoms with Gasteiger partial charge in [0.2, 0.25) is 0 Å². The van der Waals surface area contributed by atoms with Gasteiger partial charge < -0.3 is 14.4 Å². The summed E-state index contributed by atoms with van der Waals surface area (Å²) in [5, 5.41) is 0.472. The summed E-state index contributed by atoms with van der Waals surface area (Å²) < 4.78 is 12.5. The second kappa shape index (κ2) is 8.75. The van der Waals surface area contributed by atoms with Crippen molar-refractivity contribution < 1.29 is 14.3 Å². The van der Waals surface area contributed by atoms with E-state index in [0.29, 0.717) is 35.5 Å². The van der Waals surface area contributed by atoms with E-state index in [4.69, 9.17) is 21.7 Å². The molecule has 0 aromatic heterocycles. The third-order valence-electron chi connectivity index (χ3n) is 4.35. The molecule has 0 aliphatic carbocycles. The highest BCUT2D eigenvalue weighted by Crippen LogP contribution is 2.36. The summed E-state index contributed by atoms with van der Waals surface area (Å²) >= 11 is 8.85. The van der Waals surface area contributed by atoms with Crippen LogP contribution in [0.3, 0.4) is 0 Å². The van der Waals surface area contributed by atoms with Crippen LogP contribution in [0.15, 0.2) is 52.6 Å². The molecule has 0 bridgehead atoms. The maximum atomic E-state index is 12.4. The van der Waals surface area contributed by atoms with Gasteiger partial charge in [-0.05, 0) is 48.5 Å². The SMILES string of the molecule is CCOc1cc(/C=C2/C(=O)N(C)C(=S)N2C)c(Br)cc1OCc1ccccc1. The van der Waals surface area contributed by atoms with Crippen molar-refractivity contribution in [2.45, 2.75) is 13.5 Å². The normalized spacial score (nSPS) is 15.5. The van der Waals surface area contributed by atoms with Gasteiger partial charge >= 0.3 is 0 Å². The van der Waals surface area contributed by atoms with Gasteiger partial charge in [-0.3, -0.25) is 9.69 Å². The van der Waals surface area contributed by atoms with E-state index in [1.165, 1.54) is 4.90 Å². The molecule has 1 heterocycles. The zero-order valence-electron chi connectivity index (χ0n) is 15.9. The predicted molar refractivity (Wildman–Crippen MR) is 117 cm³/mol. The Morgan fingerprint density at radius 3 is 2.36 bits per heavy atom. The fraction of sp³-hybridized carbons (Fsp3) is 0.238. The minimum atomic E-state index is -0.137. The van der Waals surface area contributed by atoms with E-state index >= 15 is 0 Å². The van der Waals surface area contributed by atoms with Gasteiger partial charge in [-0.15, -0.1) is 0 Å². The van der Waals surface area contributed by atoms with E-state index < -0.39 is 0 Å². The number of thiocarbonyl (C=S) groups is 1. The largest absolute Gasteiger partial charge is 0.490 e. The first-order valence-electron chi connectivity index (χ1n) is 8.83. The zero-order valence-corrected chi connectivity index (χ0v) is 18.3. The summed E-state index contributed by atoms with van der Waals surface area (Å²) in [6.45, 7) is 2.86. The van der Waals surface area contributed by atoms with Crippen LogP contribution in [-0.2, 0) is 11.4 Å². The first kappa shape index (κ1) is 20.4. The van der Waals surface area contributed by atoms with E-state index in [0.717, 1.165) is 15.6 Å². The minimum absolute atomic E-state index is 0.137. The number of halogens is 1. The molecule has 1 fully saturated rings. The monoisotopic (exact) mass is 460 g/mol. The van der Waals surface area contributed by atoms with Gasteiger partial charge in [0.15, 0.2) is 16.6 Å². The molecule has 1 aliphatic heterocycles. The molecule has 0 spiro atoms. The molecule has 1 saturated heterocycles. The van der Waals surface area contributed by atoms with Crippen molar-refractivity contribution >= 4 is 45.2 Å². The molecule has 1 aliphatic rings. The lowest BCUT2D eigenvalue weighted by molar-refractivity contribution is -0.121. The number of hydrogen-bond donors (Lipinski definition) is 0. The van der Waals surface area contributed by atoms with Crippen LogP contribution in [0.5, 0.6) is 11.5 Å². The molecule has 2 aromatic carbocycles. The number of ether oxygens (including phenoxy) is 2. The standard InChI is InChI=1S/C21H21BrN2O3S/c1-4-26-18-11-15(10-17-20(25)24(3)21(28)23(17)2)16(22)12-19(18)27-13-14-8-6-5-7-9-14/h5-12H,4,13H2,1-3H3/b17-10-. The number of amides is 1. The number of hydrogen-bond acceptors (Lipinski definition) is 4. The van der Waals surface area contributed by atoms with Crippen LogP contribution in [0.1, 0.15) is 18.1 Å². The molecule has 0 N–H and O–H groups in total. The summed E-state index contributed by atoms with van der Waals surface area (Å²) in [7, 11) is 3.45. The van der Waals surface area contributed by atoms with Gasteiger partial charge in [0.1, 0.15) is 12.3 Å². The Bertz CT molecular complexity index is 931. The van der Waals surface area contributed by atoms with Gasteiger partial charge in [0.05, 0.1) is 6.61 Å². The second-order valence-electron chi connectivity index (χ2n) is 6.26. The van der Waals surface area contributed by atoms with E-state index in [2.05, 4.69) is 15.9 Å². The lowest BCUT2D eigenvalue weighted by atomic mass is 10.1. The molecule has 2 aromatic rings. The fourth-order valence-electron chi connectivity index (χ4n) is 2.81. The molecule has 1 amide bonds. The Kier molecular flexibility index (Phi) is 6.36. The Morgan fingerprint density at radius 2 is 1.75 bits per heavy atom. The molecule has 0 atom stereocenters. The molecule has 0 unspecified atom stereocenters. The van der Waals surface area contributed by atoms with Gasteiger partial charge in [0, 0.05) is 18.6 Å². The lowest BCUT2D eigenvalue weighted by Crippen LogP contribution is -2.26. The number of carbonyl (C=O) groups excluding carboxylic acids is 1. The molecule has 28 heavy (non-hydrogen) atoms. The number of rotatable bonds is 6. The molecule has 7 heteroatoms. The first-order valence-corrected chi connectivity index (χ1v) is 10.0. The maximum Gasteiger partial charge on any atom is 0.276 e. The molecule has 0 radical (unpaired) electrons. The Hall–Kier alpha value is -2.38. The smallest absolute Gasteiger partial charge is 0.276 e. The van der Waals surface area contributed by atoms with Gasteiger partial charge in [-0.1, -0.05) is 46.3 Å².